The third-order valence-corrected chi connectivity index (χ3v) is 3.60. The number of rotatable bonds is 4. The molecule has 0 fully saturated rings. The molecule has 1 aromatic carbocycles. The van der Waals surface area contributed by atoms with Gasteiger partial charge in [-0.3, -0.25) is 0 Å². The minimum Gasteiger partial charge on any atom is -0.493 e. The van der Waals surface area contributed by atoms with Crippen LogP contribution in [0.3, 0.4) is 0 Å². The summed E-state index contributed by atoms with van der Waals surface area (Å²) < 4.78 is 48.9. The first kappa shape index (κ1) is 15.6. The van der Waals surface area contributed by atoms with Gasteiger partial charge in [0.2, 0.25) is 0 Å². The number of benzene rings is 1. The van der Waals surface area contributed by atoms with Crippen molar-refractivity contribution in [3.8, 4) is 11.5 Å². The van der Waals surface area contributed by atoms with Gasteiger partial charge in [0.05, 0.1) is 25.6 Å². The van der Waals surface area contributed by atoms with Crippen LogP contribution in [0.15, 0.2) is 12.1 Å². The molecule has 1 aromatic rings. The van der Waals surface area contributed by atoms with Crippen molar-refractivity contribution < 1.29 is 22.6 Å². The highest BCUT2D eigenvalue weighted by atomic mass is 19.4. The van der Waals surface area contributed by atoms with Crippen molar-refractivity contribution >= 4 is 11.4 Å². The topological polar surface area (TPSA) is 33.7 Å². The van der Waals surface area contributed by atoms with Crippen LogP contribution in [0.5, 0.6) is 11.5 Å². The normalized spacial score (nSPS) is 18.0. The number of hydrogen-bond acceptors (Lipinski definition) is 4. The average molecular weight is 304 g/mol. The maximum absolute atomic E-state index is 12.9. The number of anilines is 2. The van der Waals surface area contributed by atoms with Crippen LogP contribution in [0.25, 0.3) is 0 Å². The molecule has 21 heavy (non-hydrogen) atoms. The number of methoxy groups -OCH3 is 2. The molecule has 2 rings (SSSR count). The molecule has 1 unspecified atom stereocenters. The van der Waals surface area contributed by atoms with Crippen molar-refractivity contribution in [1.82, 2.24) is 0 Å². The molecular formula is C14H19F3N2O2. The molecule has 0 amide bonds. The molecule has 0 saturated carbocycles. The fourth-order valence-electron chi connectivity index (χ4n) is 2.55. The molecule has 1 heterocycles. The van der Waals surface area contributed by atoms with E-state index < -0.39 is 12.7 Å². The Kier molecular flexibility index (Phi) is 4.39. The van der Waals surface area contributed by atoms with Gasteiger partial charge in [-0.25, -0.2) is 0 Å². The van der Waals surface area contributed by atoms with Gasteiger partial charge in [0.25, 0.3) is 0 Å². The Bertz CT molecular complexity index is 506. The van der Waals surface area contributed by atoms with Gasteiger partial charge in [0.15, 0.2) is 11.5 Å². The minimum absolute atomic E-state index is 0.211. The predicted molar refractivity (Wildman–Crippen MR) is 75.5 cm³/mol. The van der Waals surface area contributed by atoms with E-state index in [1.165, 1.54) is 19.1 Å². The SMILES string of the molecule is CCC1CNc2cc(OC)c(OC)cc2N1CC(F)(F)F. The Morgan fingerprint density at radius 2 is 1.86 bits per heavy atom. The molecule has 0 saturated heterocycles. The number of nitrogens with one attached hydrogen (secondary N) is 1. The van der Waals surface area contributed by atoms with E-state index in [4.69, 9.17) is 9.47 Å². The maximum atomic E-state index is 12.9. The lowest BCUT2D eigenvalue weighted by atomic mass is 10.1. The fraction of sp³-hybridized carbons (Fsp3) is 0.571. The molecule has 1 atom stereocenters. The Morgan fingerprint density at radius 3 is 2.38 bits per heavy atom. The highest BCUT2D eigenvalue weighted by Gasteiger charge is 2.36. The number of alkyl halides is 3. The van der Waals surface area contributed by atoms with E-state index in [2.05, 4.69) is 5.32 Å². The van der Waals surface area contributed by atoms with Gasteiger partial charge in [-0.05, 0) is 6.42 Å². The van der Waals surface area contributed by atoms with Crippen LogP contribution in [0.2, 0.25) is 0 Å². The van der Waals surface area contributed by atoms with E-state index in [0.29, 0.717) is 35.8 Å². The summed E-state index contributed by atoms with van der Waals surface area (Å²) in [6.45, 7) is 1.37. The summed E-state index contributed by atoms with van der Waals surface area (Å²) in [6.07, 6.45) is -3.63. The van der Waals surface area contributed by atoms with Crippen LogP contribution in [0.4, 0.5) is 24.5 Å². The molecule has 0 aromatic heterocycles. The Labute approximate surface area is 121 Å². The van der Waals surface area contributed by atoms with Gasteiger partial charge < -0.3 is 19.7 Å². The van der Waals surface area contributed by atoms with Crippen molar-refractivity contribution in [3.05, 3.63) is 12.1 Å². The fourth-order valence-corrected chi connectivity index (χ4v) is 2.55. The lowest BCUT2D eigenvalue weighted by molar-refractivity contribution is -0.120. The molecule has 4 nitrogen and oxygen atoms in total. The monoisotopic (exact) mass is 304 g/mol. The van der Waals surface area contributed by atoms with Gasteiger partial charge >= 0.3 is 6.18 Å². The molecule has 7 heteroatoms. The van der Waals surface area contributed by atoms with Crippen molar-refractivity contribution in [2.24, 2.45) is 0 Å². The zero-order valence-corrected chi connectivity index (χ0v) is 12.3. The number of fused-ring (bicyclic) bond motifs is 1. The smallest absolute Gasteiger partial charge is 0.405 e. The van der Waals surface area contributed by atoms with Crippen molar-refractivity contribution in [2.75, 3.05) is 37.5 Å². The Morgan fingerprint density at radius 1 is 1.24 bits per heavy atom. The van der Waals surface area contributed by atoms with Gasteiger partial charge in [-0.2, -0.15) is 13.2 Å². The molecule has 0 radical (unpaired) electrons. The molecule has 1 N–H and O–H groups in total. The van der Waals surface area contributed by atoms with E-state index in [1.54, 1.807) is 12.1 Å². The molecule has 1 aliphatic heterocycles. The standard InChI is InChI=1S/C14H19F3N2O2/c1-4-9-7-18-10-5-12(20-2)13(21-3)6-11(10)19(9)8-14(15,16)17/h5-6,9,18H,4,7-8H2,1-3H3. The Hall–Kier alpha value is -1.79. The maximum Gasteiger partial charge on any atom is 0.405 e. The van der Waals surface area contributed by atoms with Gasteiger partial charge in [0.1, 0.15) is 6.54 Å². The second-order valence-corrected chi connectivity index (χ2v) is 4.91. The van der Waals surface area contributed by atoms with Crippen LogP contribution in [0, 0.1) is 0 Å². The van der Waals surface area contributed by atoms with E-state index in [0.717, 1.165) is 0 Å². The van der Waals surface area contributed by atoms with E-state index in [1.807, 2.05) is 6.92 Å². The molecule has 0 spiro atoms. The summed E-state index contributed by atoms with van der Waals surface area (Å²) in [4.78, 5) is 1.38. The van der Waals surface area contributed by atoms with Crippen LogP contribution in [0.1, 0.15) is 13.3 Å². The zero-order chi connectivity index (χ0) is 15.6. The van der Waals surface area contributed by atoms with Crippen molar-refractivity contribution in [3.63, 3.8) is 0 Å². The van der Waals surface area contributed by atoms with Gasteiger partial charge in [0, 0.05) is 24.7 Å². The van der Waals surface area contributed by atoms with Crippen LogP contribution >= 0.6 is 0 Å². The van der Waals surface area contributed by atoms with E-state index in [9.17, 15) is 13.2 Å². The molecular weight excluding hydrogens is 285 g/mol. The molecule has 118 valence electrons. The number of ether oxygens (including phenoxy) is 2. The summed E-state index contributed by atoms with van der Waals surface area (Å²) in [6, 6.07) is 3.05. The lowest BCUT2D eigenvalue weighted by Crippen LogP contribution is -2.48. The van der Waals surface area contributed by atoms with Crippen LogP contribution in [-0.2, 0) is 0 Å². The summed E-state index contributed by atoms with van der Waals surface area (Å²) >= 11 is 0. The number of nitrogens with zero attached hydrogens (tertiary/aromatic N) is 1. The number of halogens is 3. The van der Waals surface area contributed by atoms with Crippen molar-refractivity contribution in [2.45, 2.75) is 25.6 Å². The average Bonchev–Trinajstić information content (AvgIpc) is 2.44. The molecule has 1 aliphatic rings. The first-order chi connectivity index (χ1) is 9.89. The van der Waals surface area contributed by atoms with Gasteiger partial charge in [-0.1, -0.05) is 6.92 Å². The lowest BCUT2D eigenvalue weighted by Gasteiger charge is -2.39. The quantitative estimate of drug-likeness (QED) is 0.925. The summed E-state index contributed by atoms with van der Waals surface area (Å²) in [5, 5.41) is 3.16. The van der Waals surface area contributed by atoms with E-state index in [-0.39, 0.29) is 6.04 Å². The summed E-state index contributed by atoms with van der Waals surface area (Å²) in [5.74, 6) is 0.910. The van der Waals surface area contributed by atoms with Gasteiger partial charge in [-0.15, -0.1) is 0 Å². The third kappa shape index (κ3) is 3.28. The summed E-state index contributed by atoms with van der Waals surface area (Å²) in [5.41, 5.74) is 1.12. The second-order valence-electron chi connectivity index (χ2n) is 4.91. The largest absolute Gasteiger partial charge is 0.493 e. The first-order valence-corrected chi connectivity index (χ1v) is 6.73. The zero-order valence-electron chi connectivity index (χ0n) is 12.3. The first-order valence-electron chi connectivity index (χ1n) is 6.73. The highest BCUT2D eigenvalue weighted by molar-refractivity contribution is 5.77. The summed E-state index contributed by atoms with van der Waals surface area (Å²) in [7, 11) is 2.96. The highest BCUT2D eigenvalue weighted by Crippen LogP contribution is 2.42. The van der Waals surface area contributed by atoms with Crippen molar-refractivity contribution in [1.29, 1.82) is 0 Å². The van der Waals surface area contributed by atoms with Crippen LogP contribution in [-0.4, -0.2) is 39.5 Å². The van der Waals surface area contributed by atoms with Crippen LogP contribution < -0.4 is 19.7 Å². The Balaban J connectivity index is 2.45. The number of hydrogen-bond donors (Lipinski definition) is 1. The predicted octanol–water partition coefficient (Wildman–Crippen LogP) is 3.28. The molecule has 0 bridgehead atoms. The minimum atomic E-state index is -4.25. The third-order valence-electron chi connectivity index (χ3n) is 3.60. The van der Waals surface area contributed by atoms with E-state index >= 15 is 0 Å². The molecule has 0 aliphatic carbocycles. The second kappa shape index (κ2) is 5.91.